The molecule has 25 heavy (non-hydrogen) atoms. The number of nitrogens with one attached hydrogen (secondary N) is 1. The molecule has 0 atom stereocenters. The molecule has 0 aliphatic heterocycles. The van der Waals surface area contributed by atoms with Crippen LogP contribution in [0.2, 0.25) is 0 Å². The van der Waals surface area contributed by atoms with Crippen LogP contribution in [0.5, 0.6) is 0 Å². The van der Waals surface area contributed by atoms with Crippen molar-refractivity contribution in [2.45, 2.75) is 46.0 Å². The maximum atomic E-state index is 12.3. The summed E-state index contributed by atoms with van der Waals surface area (Å²) in [6, 6.07) is 5.59. The second-order valence-corrected chi connectivity index (χ2v) is 8.62. The maximum absolute atomic E-state index is 12.3. The van der Waals surface area contributed by atoms with Gasteiger partial charge in [0.2, 0.25) is 15.9 Å². The predicted octanol–water partition coefficient (Wildman–Crippen LogP) is 3.08. The van der Waals surface area contributed by atoms with E-state index in [-0.39, 0.29) is 12.5 Å². The molecular formula is C19H28N2O3S. The number of hydrogen-bond acceptors (Lipinski definition) is 3. The van der Waals surface area contributed by atoms with Gasteiger partial charge in [0.25, 0.3) is 0 Å². The van der Waals surface area contributed by atoms with Crippen molar-refractivity contribution in [2.24, 2.45) is 0 Å². The molecule has 1 aromatic carbocycles. The average Bonchev–Trinajstić information content (AvgIpc) is 2.54. The molecule has 1 aliphatic carbocycles. The van der Waals surface area contributed by atoms with Crippen LogP contribution in [-0.4, -0.2) is 33.7 Å². The van der Waals surface area contributed by atoms with E-state index in [4.69, 9.17) is 0 Å². The predicted molar refractivity (Wildman–Crippen MR) is 102 cm³/mol. The molecule has 0 spiro atoms. The Balaban J connectivity index is 2.02. The molecular weight excluding hydrogens is 336 g/mol. The van der Waals surface area contributed by atoms with Crippen LogP contribution in [-0.2, 0) is 14.8 Å². The lowest BCUT2D eigenvalue weighted by molar-refractivity contribution is -0.119. The van der Waals surface area contributed by atoms with Crippen molar-refractivity contribution >= 4 is 21.6 Å². The molecule has 6 heteroatoms. The topological polar surface area (TPSA) is 66.5 Å². The van der Waals surface area contributed by atoms with Crippen LogP contribution in [0.1, 0.15) is 43.2 Å². The Labute approximate surface area is 151 Å². The molecule has 0 fully saturated rings. The van der Waals surface area contributed by atoms with Gasteiger partial charge in [0.05, 0.1) is 11.9 Å². The molecule has 0 aromatic heterocycles. The zero-order valence-electron chi connectivity index (χ0n) is 15.3. The zero-order valence-corrected chi connectivity index (χ0v) is 16.2. The van der Waals surface area contributed by atoms with Crippen LogP contribution >= 0.6 is 0 Å². The smallest absolute Gasteiger partial charge is 0.240 e. The first-order chi connectivity index (χ1) is 11.8. The van der Waals surface area contributed by atoms with Gasteiger partial charge < -0.3 is 5.32 Å². The van der Waals surface area contributed by atoms with E-state index in [0.717, 1.165) is 36.6 Å². The highest BCUT2D eigenvalue weighted by atomic mass is 32.2. The second-order valence-electron chi connectivity index (χ2n) is 6.72. The molecule has 138 valence electrons. The van der Waals surface area contributed by atoms with E-state index in [9.17, 15) is 13.2 Å². The summed E-state index contributed by atoms with van der Waals surface area (Å²) >= 11 is 0. The lowest BCUT2D eigenvalue weighted by Crippen LogP contribution is -2.41. The van der Waals surface area contributed by atoms with Crippen LogP contribution in [0, 0.1) is 13.8 Å². The van der Waals surface area contributed by atoms with Crippen molar-refractivity contribution in [1.29, 1.82) is 0 Å². The zero-order chi connectivity index (χ0) is 18.4. The fourth-order valence-corrected chi connectivity index (χ4v) is 4.21. The molecule has 2 rings (SSSR count). The first kappa shape index (κ1) is 19.5. The first-order valence-corrected chi connectivity index (χ1v) is 10.6. The summed E-state index contributed by atoms with van der Waals surface area (Å²) in [6.07, 6.45) is 8.93. The van der Waals surface area contributed by atoms with Crippen molar-refractivity contribution in [3.63, 3.8) is 0 Å². The molecule has 0 heterocycles. The highest BCUT2D eigenvalue weighted by Gasteiger charge is 2.23. The summed E-state index contributed by atoms with van der Waals surface area (Å²) in [6.45, 7) is 4.07. The largest absolute Gasteiger partial charge is 0.354 e. The number of rotatable bonds is 7. The summed E-state index contributed by atoms with van der Waals surface area (Å²) in [7, 11) is -3.54. The Hall–Kier alpha value is -1.82. The van der Waals surface area contributed by atoms with E-state index in [1.54, 1.807) is 0 Å². The van der Waals surface area contributed by atoms with E-state index >= 15 is 0 Å². The van der Waals surface area contributed by atoms with Gasteiger partial charge in [-0.05, 0) is 57.1 Å². The highest BCUT2D eigenvalue weighted by Crippen LogP contribution is 2.26. The number of allylic oxidation sites excluding steroid dienone is 1. The molecule has 0 bridgehead atoms. The molecule has 0 saturated carbocycles. The van der Waals surface area contributed by atoms with Crippen LogP contribution in [0.4, 0.5) is 5.69 Å². The molecule has 1 amide bonds. The van der Waals surface area contributed by atoms with Crippen molar-refractivity contribution in [3.05, 3.63) is 41.0 Å². The fourth-order valence-electron chi connectivity index (χ4n) is 3.24. The quantitative estimate of drug-likeness (QED) is 0.756. The SMILES string of the molecule is Cc1cccc(C)c1N(CC(=O)NCCC1=CCCCC1)S(C)(=O)=O. The fraction of sp³-hybridized carbons (Fsp3) is 0.526. The Morgan fingerprint density at radius 3 is 2.44 bits per heavy atom. The van der Waals surface area contributed by atoms with Crippen molar-refractivity contribution in [2.75, 3.05) is 23.7 Å². The van der Waals surface area contributed by atoms with Crippen LogP contribution in [0.15, 0.2) is 29.8 Å². The van der Waals surface area contributed by atoms with Gasteiger partial charge in [0.1, 0.15) is 6.54 Å². The van der Waals surface area contributed by atoms with Crippen molar-refractivity contribution < 1.29 is 13.2 Å². The number of anilines is 1. The number of amides is 1. The molecule has 0 saturated heterocycles. The number of carbonyl (C=O) groups is 1. The monoisotopic (exact) mass is 364 g/mol. The number of carbonyl (C=O) groups excluding carboxylic acids is 1. The van der Waals surface area contributed by atoms with Crippen LogP contribution in [0.3, 0.4) is 0 Å². The molecule has 1 aromatic rings. The van der Waals surface area contributed by atoms with Gasteiger partial charge in [-0.1, -0.05) is 29.8 Å². The lowest BCUT2D eigenvalue weighted by Gasteiger charge is -2.25. The van der Waals surface area contributed by atoms with Crippen molar-refractivity contribution in [1.82, 2.24) is 5.32 Å². The minimum atomic E-state index is -3.54. The van der Waals surface area contributed by atoms with E-state index in [2.05, 4.69) is 11.4 Å². The Morgan fingerprint density at radius 1 is 1.20 bits per heavy atom. The molecule has 1 N–H and O–H groups in total. The number of aryl methyl sites for hydroxylation is 2. The third kappa shape index (κ3) is 5.59. The third-order valence-electron chi connectivity index (χ3n) is 4.53. The number of para-hydroxylation sites is 1. The third-order valence-corrected chi connectivity index (χ3v) is 5.64. The Morgan fingerprint density at radius 2 is 1.88 bits per heavy atom. The summed E-state index contributed by atoms with van der Waals surface area (Å²) < 4.78 is 25.7. The van der Waals surface area contributed by atoms with E-state index in [0.29, 0.717) is 12.2 Å². The van der Waals surface area contributed by atoms with Crippen LogP contribution in [0.25, 0.3) is 0 Å². The summed E-state index contributed by atoms with van der Waals surface area (Å²) in [4.78, 5) is 12.3. The second kappa shape index (κ2) is 8.52. The average molecular weight is 365 g/mol. The van der Waals surface area contributed by atoms with Gasteiger partial charge >= 0.3 is 0 Å². The van der Waals surface area contributed by atoms with E-state index in [1.807, 2.05) is 32.0 Å². The molecule has 1 aliphatic rings. The lowest BCUT2D eigenvalue weighted by atomic mass is 9.97. The molecule has 0 unspecified atom stereocenters. The number of benzene rings is 1. The summed E-state index contributed by atoms with van der Waals surface area (Å²) in [5.41, 5.74) is 3.66. The van der Waals surface area contributed by atoms with E-state index < -0.39 is 10.0 Å². The minimum Gasteiger partial charge on any atom is -0.354 e. The van der Waals surface area contributed by atoms with Gasteiger partial charge in [-0.2, -0.15) is 0 Å². The normalized spacial score (nSPS) is 14.8. The Kier molecular flexibility index (Phi) is 6.64. The van der Waals surface area contributed by atoms with Gasteiger partial charge in [-0.25, -0.2) is 8.42 Å². The molecule has 5 nitrogen and oxygen atoms in total. The minimum absolute atomic E-state index is 0.191. The number of hydrogen-bond donors (Lipinski definition) is 1. The highest BCUT2D eigenvalue weighted by molar-refractivity contribution is 7.92. The van der Waals surface area contributed by atoms with Crippen molar-refractivity contribution in [3.8, 4) is 0 Å². The van der Waals surface area contributed by atoms with Gasteiger partial charge in [0.15, 0.2) is 0 Å². The summed E-state index contributed by atoms with van der Waals surface area (Å²) in [5, 5.41) is 2.86. The van der Waals surface area contributed by atoms with Gasteiger partial charge in [0, 0.05) is 6.54 Å². The van der Waals surface area contributed by atoms with E-state index in [1.165, 1.54) is 22.7 Å². The maximum Gasteiger partial charge on any atom is 0.240 e. The number of nitrogens with zero attached hydrogens (tertiary/aromatic N) is 1. The van der Waals surface area contributed by atoms with Gasteiger partial charge in [-0.3, -0.25) is 9.10 Å². The molecule has 0 radical (unpaired) electrons. The standard InChI is InChI=1S/C19H28N2O3S/c1-15-8-7-9-16(2)19(15)21(25(3,23)24)14-18(22)20-13-12-17-10-5-4-6-11-17/h7-10H,4-6,11-14H2,1-3H3,(H,20,22). The first-order valence-electron chi connectivity index (χ1n) is 8.77. The van der Waals surface area contributed by atoms with Gasteiger partial charge in [-0.15, -0.1) is 0 Å². The summed E-state index contributed by atoms with van der Waals surface area (Å²) in [5.74, 6) is -0.274. The number of sulfonamides is 1. The Bertz CT molecular complexity index is 734. The van der Waals surface area contributed by atoms with Crippen LogP contribution < -0.4 is 9.62 Å².